The summed E-state index contributed by atoms with van der Waals surface area (Å²) in [7, 11) is 0. The minimum Gasteiger partial charge on any atom is -0.322 e. The fourth-order valence-corrected chi connectivity index (χ4v) is 1.61. The topological polar surface area (TPSA) is 54.9 Å². The fourth-order valence-electron chi connectivity index (χ4n) is 1.38. The molecule has 2 rings (SSSR count). The van der Waals surface area contributed by atoms with Gasteiger partial charge in [-0.2, -0.15) is 10.2 Å². The first-order valence-corrected chi connectivity index (χ1v) is 5.56. The van der Waals surface area contributed by atoms with E-state index in [2.05, 4.69) is 15.5 Å². The molecule has 1 aromatic heterocycles. The molecule has 1 amide bonds. The Morgan fingerprint density at radius 3 is 2.76 bits per heavy atom. The highest BCUT2D eigenvalue weighted by molar-refractivity contribution is 6.17. The average molecular weight is 248 g/mol. The maximum absolute atomic E-state index is 11.9. The number of benzene rings is 1. The van der Waals surface area contributed by atoms with Crippen LogP contribution in [-0.2, 0) is 5.88 Å². The van der Waals surface area contributed by atoms with Crippen LogP contribution in [-0.4, -0.2) is 16.1 Å². The Balaban J connectivity index is 2.19. The van der Waals surface area contributed by atoms with Crippen molar-refractivity contribution in [1.29, 1.82) is 0 Å². The summed E-state index contributed by atoms with van der Waals surface area (Å²) >= 11 is 5.79. The lowest BCUT2D eigenvalue weighted by Gasteiger charge is -2.08. The van der Waals surface area contributed by atoms with E-state index in [1.54, 1.807) is 6.07 Å². The lowest BCUT2D eigenvalue weighted by Crippen LogP contribution is -2.13. The van der Waals surface area contributed by atoms with Crippen LogP contribution in [0.2, 0.25) is 0 Å². The van der Waals surface area contributed by atoms with Crippen LogP contribution in [0.5, 0.6) is 0 Å². The van der Waals surface area contributed by atoms with E-state index in [9.17, 15) is 4.79 Å². The monoisotopic (exact) mass is 247 g/mol. The van der Waals surface area contributed by atoms with E-state index in [1.807, 2.05) is 24.3 Å². The van der Waals surface area contributed by atoms with Crippen molar-refractivity contribution in [2.45, 2.75) is 5.88 Å². The molecule has 86 valence electrons. The van der Waals surface area contributed by atoms with Gasteiger partial charge in [0.2, 0.25) is 0 Å². The van der Waals surface area contributed by atoms with E-state index < -0.39 is 0 Å². The van der Waals surface area contributed by atoms with Crippen LogP contribution < -0.4 is 5.32 Å². The number of nitrogens with zero attached hydrogens (tertiary/aromatic N) is 2. The number of anilines is 1. The number of aromatic nitrogens is 2. The Hall–Kier alpha value is -1.94. The molecule has 0 unspecified atom stereocenters. The Morgan fingerprint density at radius 1 is 1.24 bits per heavy atom. The molecule has 0 atom stereocenters. The lowest BCUT2D eigenvalue weighted by molar-refractivity contribution is 0.102. The Morgan fingerprint density at radius 2 is 2.06 bits per heavy atom. The van der Waals surface area contributed by atoms with E-state index in [1.165, 1.54) is 12.4 Å². The molecule has 1 heterocycles. The molecule has 0 aliphatic rings. The number of carbonyl (C=O) groups is 1. The van der Waals surface area contributed by atoms with Crippen molar-refractivity contribution < 1.29 is 4.79 Å². The number of hydrogen-bond acceptors (Lipinski definition) is 3. The standard InChI is InChI=1S/C12H10ClN3O/c13-7-9-3-1-2-4-11(9)16-12(17)10-5-6-14-15-8-10/h1-6,8H,7H2,(H,16,17). The zero-order valence-corrected chi connectivity index (χ0v) is 9.69. The van der Waals surface area contributed by atoms with Gasteiger partial charge in [-0.1, -0.05) is 18.2 Å². The van der Waals surface area contributed by atoms with Crippen molar-refractivity contribution in [2.75, 3.05) is 5.32 Å². The van der Waals surface area contributed by atoms with Crippen LogP contribution in [0.4, 0.5) is 5.69 Å². The maximum Gasteiger partial charge on any atom is 0.257 e. The molecular weight excluding hydrogens is 238 g/mol. The molecule has 17 heavy (non-hydrogen) atoms. The number of rotatable bonds is 3. The number of alkyl halides is 1. The number of halogens is 1. The van der Waals surface area contributed by atoms with Gasteiger partial charge in [-0.15, -0.1) is 11.6 Å². The van der Waals surface area contributed by atoms with Crippen molar-refractivity contribution in [1.82, 2.24) is 10.2 Å². The summed E-state index contributed by atoms with van der Waals surface area (Å²) < 4.78 is 0. The van der Waals surface area contributed by atoms with E-state index in [0.29, 0.717) is 17.1 Å². The van der Waals surface area contributed by atoms with Gasteiger partial charge in [0.15, 0.2) is 0 Å². The van der Waals surface area contributed by atoms with Gasteiger partial charge < -0.3 is 5.32 Å². The normalized spacial score (nSPS) is 9.94. The van der Waals surface area contributed by atoms with Gasteiger partial charge in [-0.3, -0.25) is 4.79 Å². The first-order chi connectivity index (χ1) is 8.31. The van der Waals surface area contributed by atoms with Crippen LogP contribution in [0.25, 0.3) is 0 Å². The molecule has 0 radical (unpaired) electrons. The molecule has 0 saturated carbocycles. The zero-order valence-electron chi connectivity index (χ0n) is 8.93. The van der Waals surface area contributed by atoms with Gasteiger partial charge in [-0.05, 0) is 17.7 Å². The minimum absolute atomic E-state index is 0.225. The third-order valence-electron chi connectivity index (χ3n) is 2.26. The number of nitrogens with one attached hydrogen (secondary N) is 1. The van der Waals surface area contributed by atoms with Crippen molar-refractivity contribution in [3.8, 4) is 0 Å². The smallest absolute Gasteiger partial charge is 0.257 e. The summed E-state index contributed by atoms with van der Waals surface area (Å²) in [4.78, 5) is 11.9. The molecule has 0 spiro atoms. The summed E-state index contributed by atoms with van der Waals surface area (Å²) in [6.07, 6.45) is 2.89. The summed E-state index contributed by atoms with van der Waals surface area (Å²) in [5, 5.41) is 10.1. The third-order valence-corrected chi connectivity index (χ3v) is 2.54. The first-order valence-electron chi connectivity index (χ1n) is 5.03. The van der Waals surface area contributed by atoms with Crippen LogP contribution in [0.1, 0.15) is 15.9 Å². The predicted octanol–water partition coefficient (Wildman–Crippen LogP) is 2.47. The molecule has 5 heteroatoms. The van der Waals surface area contributed by atoms with E-state index in [-0.39, 0.29) is 5.91 Å². The van der Waals surface area contributed by atoms with E-state index in [0.717, 1.165) is 5.56 Å². The second kappa shape index (κ2) is 5.41. The summed E-state index contributed by atoms with van der Waals surface area (Å²) in [6.45, 7) is 0. The minimum atomic E-state index is -0.225. The van der Waals surface area contributed by atoms with Crippen molar-refractivity contribution in [3.05, 3.63) is 53.9 Å². The summed E-state index contributed by atoms with van der Waals surface area (Å²) in [5.41, 5.74) is 2.05. The second-order valence-electron chi connectivity index (χ2n) is 3.38. The van der Waals surface area contributed by atoms with Crippen LogP contribution in [0.15, 0.2) is 42.7 Å². The molecule has 0 fully saturated rings. The average Bonchev–Trinajstić information content (AvgIpc) is 2.40. The molecule has 0 saturated heterocycles. The summed E-state index contributed by atoms with van der Waals surface area (Å²) in [5.74, 6) is 0.128. The van der Waals surface area contributed by atoms with Gasteiger partial charge in [0.25, 0.3) is 5.91 Å². The second-order valence-corrected chi connectivity index (χ2v) is 3.64. The van der Waals surface area contributed by atoms with Crippen LogP contribution in [0.3, 0.4) is 0 Å². The van der Waals surface area contributed by atoms with E-state index >= 15 is 0 Å². The number of hydrogen-bond donors (Lipinski definition) is 1. The van der Waals surface area contributed by atoms with Gasteiger partial charge in [0, 0.05) is 11.6 Å². The molecule has 1 N–H and O–H groups in total. The molecular formula is C12H10ClN3O. The van der Waals surface area contributed by atoms with Gasteiger partial charge in [0.1, 0.15) is 0 Å². The maximum atomic E-state index is 11.9. The lowest BCUT2D eigenvalue weighted by atomic mass is 10.2. The Kier molecular flexibility index (Phi) is 3.67. The molecule has 0 aliphatic carbocycles. The van der Waals surface area contributed by atoms with Crippen molar-refractivity contribution in [2.24, 2.45) is 0 Å². The highest BCUT2D eigenvalue weighted by Crippen LogP contribution is 2.17. The molecule has 1 aromatic carbocycles. The Bertz CT molecular complexity index is 516. The number of amides is 1. The van der Waals surface area contributed by atoms with E-state index in [4.69, 9.17) is 11.6 Å². The molecule has 2 aromatic rings. The molecule has 0 aliphatic heterocycles. The number of para-hydroxylation sites is 1. The zero-order chi connectivity index (χ0) is 12.1. The SMILES string of the molecule is O=C(Nc1ccccc1CCl)c1ccnnc1. The summed E-state index contributed by atoms with van der Waals surface area (Å²) in [6, 6.07) is 9.00. The highest BCUT2D eigenvalue weighted by atomic mass is 35.5. The van der Waals surface area contributed by atoms with Gasteiger partial charge in [0.05, 0.1) is 18.0 Å². The predicted molar refractivity (Wildman–Crippen MR) is 66.0 cm³/mol. The first kappa shape index (κ1) is 11.5. The number of carbonyl (C=O) groups excluding carboxylic acids is 1. The quantitative estimate of drug-likeness (QED) is 0.848. The van der Waals surface area contributed by atoms with Crippen LogP contribution in [0, 0.1) is 0 Å². The Labute approximate surface area is 104 Å². The molecule has 0 bridgehead atoms. The highest BCUT2D eigenvalue weighted by Gasteiger charge is 2.08. The molecule has 4 nitrogen and oxygen atoms in total. The third kappa shape index (κ3) is 2.79. The fraction of sp³-hybridized carbons (Fsp3) is 0.0833. The van der Waals surface area contributed by atoms with Crippen molar-refractivity contribution >= 4 is 23.2 Å². The van der Waals surface area contributed by atoms with Crippen molar-refractivity contribution in [3.63, 3.8) is 0 Å². The van der Waals surface area contributed by atoms with Crippen LogP contribution >= 0.6 is 11.6 Å². The van der Waals surface area contributed by atoms with Gasteiger partial charge in [-0.25, -0.2) is 0 Å². The largest absolute Gasteiger partial charge is 0.322 e. The van der Waals surface area contributed by atoms with Gasteiger partial charge >= 0.3 is 0 Å².